The topological polar surface area (TPSA) is 25.8 Å². The lowest BCUT2D eigenvalue weighted by atomic mass is 9.70. The van der Waals surface area contributed by atoms with Crippen LogP contribution in [-0.2, 0) is 5.41 Å². The third-order valence-electron chi connectivity index (χ3n) is 6.10. The van der Waals surface area contributed by atoms with Crippen LogP contribution in [0.15, 0.2) is 73.1 Å². The van der Waals surface area contributed by atoms with Crippen molar-refractivity contribution in [2.24, 2.45) is 0 Å². The number of fused-ring (bicyclic) bond motifs is 10. The molecule has 0 fully saturated rings. The van der Waals surface area contributed by atoms with Crippen LogP contribution in [0.4, 0.5) is 0 Å². The Labute approximate surface area is 158 Å². The van der Waals surface area contributed by atoms with Crippen LogP contribution in [-0.4, -0.2) is 9.97 Å². The van der Waals surface area contributed by atoms with Crippen molar-refractivity contribution in [3.63, 3.8) is 0 Å². The maximum atomic E-state index is 4.75. The number of aromatic nitrogens is 2. The molecule has 27 heavy (non-hydrogen) atoms. The summed E-state index contributed by atoms with van der Waals surface area (Å²) >= 11 is 0. The fraction of sp³-hybridized carbons (Fsp3) is 0.120. The highest BCUT2D eigenvalue weighted by Crippen LogP contribution is 2.61. The molecule has 0 atom stereocenters. The molecule has 2 aliphatic carbocycles. The maximum Gasteiger partial charge on any atom is 0.0937 e. The number of nitrogens with zero attached hydrogens (tertiary/aromatic N) is 2. The monoisotopic (exact) mass is 346 g/mol. The van der Waals surface area contributed by atoms with E-state index in [2.05, 4.69) is 74.5 Å². The normalized spacial score (nSPS) is 14.6. The average Bonchev–Trinajstić information content (AvgIpc) is 3.14. The molecule has 0 aliphatic heterocycles. The molecule has 0 radical (unpaired) electrons. The van der Waals surface area contributed by atoms with Crippen molar-refractivity contribution in [2.45, 2.75) is 19.3 Å². The van der Waals surface area contributed by atoms with E-state index in [9.17, 15) is 0 Å². The van der Waals surface area contributed by atoms with E-state index >= 15 is 0 Å². The molecule has 1 spiro atoms. The van der Waals surface area contributed by atoms with Gasteiger partial charge in [-0.05, 0) is 59.4 Å². The maximum absolute atomic E-state index is 4.75. The van der Waals surface area contributed by atoms with Crippen LogP contribution in [0.3, 0.4) is 0 Å². The Balaban J connectivity index is 1.88. The molecule has 2 nitrogen and oxygen atoms in total. The first-order chi connectivity index (χ1) is 13.2. The van der Waals surface area contributed by atoms with E-state index in [-0.39, 0.29) is 5.41 Å². The van der Waals surface area contributed by atoms with Gasteiger partial charge in [0.15, 0.2) is 0 Å². The van der Waals surface area contributed by atoms with Crippen LogP contribution in [0.2, 0.25) is 0 Å². The van der Waals surface area contributed by atoms with Gasteiger partial charge >= 0.3 is 0 Å². The van der Waals surface area contributed by atoms with E-state index in [1.165, 1.54) is 44.5 Å². The first-order valence-electron chi connectivity index (χ1n) is 9.35. The average molecular weight is 346 g/mol. The molecular formula is C25H18N2. The van der Waals surface area contributed by atoms with Crippen molar-refractivity contribution in [1.29, 1.82) is 0 Å². The summed E-state index contributed by atoms with van der Waals surface area (Å²) in [5.41, 5.74) is 12.1. The van der Waals surface area contributed by atoms with E-state index in [0.717, 1.165) is 11.4 Å². The van der Waals surface area contributed by atoms with Crippen LogP contribution in [0.25, 0.3) is 22.5 Å². The van der Waals surface area contributed by atoms with Crippen LogP contribution in [0.5, 0.6) is 0 Å². The van der Waals surface area contributed by atoms with E-state index in [0.29, 0.717) is 0 Å². The smallest absolute Gasteiger partial charge is 0.0937 e. The molecule has 2 aromatic heterocycles. The minimum atomic E-state index is -0.324. The standard InChI is InChI=1S/C25H18N2/c1-15-7-9-17-18-10-8-16(2)14-22(18)25(21(17)13-15)19-5-3-11-26-23(19)24-20(25)6-4-12-27-24/h3-14H,1-2H3. The van der Waals surface area contributed by atoms with Crippen molar-refractivity contribution in [2.75, 3.05) is 0 Å². The lowest BCUT2D eigenvalue weighted by molar-refractivity contribution is 0.787. The molecule has 0 bridgehead atoms. The van der Waals surface area contributed by atoms with Gasteiger partial charge in [0.2, 0.25) is 0 Å². The fourth-order valence-electron chi connectivity index (χ4n) is 5.07. The van der Waals surface area contributed by atoms with Gasteiger partial charge in [-0.1, -0.05) is 59.7 Å². The Kier molecular flexibility index (Phi) is 2.71. The molecule has 0 amide bonds. The van der Waals surface area contributed by atoms with Gasteiger partial charge in [0, 0.05) is 12.4 Å². The van der Waals surface area contributed by atoms with Gasteiger partial charge in [0.05, 0.1) is 16.8 Å². The highest BCUT2D eigenvalue weighted by Gasteiger charge is 2.52. The van der Waals surface area contributed by atoms with E-state index in [4.69, 9.17) is 9.97 Å². The highest BCUT2D eigenvalue weighted by molar-refractivity contribution is 5.93. The van der Waals surface area contributed by atoms with Gasteiger partial charge in [-0.2, -0.15) is 0 Å². The third kappa shape index (κ3) is 1.66. The number of hydrogen-bond donors (Lipinski definition) is 0. The van der Waals surface area contributed by atoms with Crippen molar-refractivity contribution in [3.05, 3.63) is 106 Å². The number of pyridine rings is 2. The second-order valence-electron chi connectivity index (χ2n) is 7.65. The molecule has 2 aliphatic rings. The summed E-state index contributed by atoms with van der Waals surface area (Å²) in [6, 6.07) is 22.2. The zero-order valence-electron chi connectivity index (χ0n) is 15.3. The SMILES string of the molecule is Cc1ccc2c(c1)C1(c3cc(C)ccc3-2)c2cccnc2-c2ncccc21. The molecule has 2 aromatic carbocycles. The Morgan fingerprint density at radius 1 is 0.593 bits per heavy atom. The number of hydrogen-bond acceptors (Lipinski definition) is 2. The zero-order chi connectivity index (χ0) is 18.2. The summed E-state index contributed by atoms with van der Waals surface area (Å²) in [6.07, 6.45) is 3.75. The number of aryl methyl sites for hydroxylation is 2. The van der Waals surface area contributed by atoms with Crippen molar-refractivity contribution in [1.82, 2.24) is 9.97 Å². The molecular weight excluding hydrogens is 328 g/mol. The Morgan fingerprint density at radius 2 is 1.07 bits per heavy atom. The molecule has 0 unspecified atom stereocenters. The van der Waals surface area contributed by atoms with E-state index in [1.807, 2.05) is 12.4 Å². The summed E-state index contributed by atoms with van der Waals surface area (Å²) in [5.74, 6) is 0. The largest absolute Gasteiger partial charge is 0.254 e. The number of rotatable bonds is 0. The Bertz CT molecular complexity index is 1150. The first kappa shape index (κ1) is 14.9. The van der Waals surface area contributed by atoms with Gasteiger partial charge in [0.1, 0.15) is 0 Å². The van der Waals surface area contributed by atoms with E-state index in [1.54, 1.807) is 0 Å². The van der Waals surface area contributed by atoms with Crippen molar-refractivity contribution < 1.29 is 0 Å². The van der Waals surface area contributed by atoms with Crippen LogP contribution in [0.1, 0.15) is 33.4 Å². The molecule has 6 rings (SSSR count). The zero-order valence-corrected chi connectivity index (χ0v) is 15.3. The fourth-order valence-corrected chi connectivity index (χ4v) is 5.07. The Hall–Kier alpha value is -3.26. The predicted octanol–water partition coefficient (Wildman–Crippen LogP) is 5.44. The van der Waals surface area contributed by atoms with Gasteiger partial charge in [-0.25, -0.2) is 0 Å². The summed E-state index contributed by atoms with van der Waals surface area (Å²) < 4.78 is 0. The molecule has 2 heterocycles. The lowest BCUT2D eigenvalue weighted by Crippen LogP contribution is -2.26. The second kappa shape index (κ2) is 4.92. The minimum Gasteiger partial charge on any atom is -0.254 e. The molecule has 4 aromatic rings. The molecule has 0 N–H and O–H groups in total. The van der Waals surface area contributed by atoms with Crippen molar-refractivity contribution in [3.8, 4) is 22.5 Å². The van der Waals surface area contributed by atoms with Gasteiger partial charge in [0.25, 0.3) is 0 Å². The highest BCUT2D eigenvalue weighted by atomic mass is 14.8. The van der Waals surface area contributed by atoms with Crippen LogP contribution < -0.4 is 0 Å². The summed E-state index contributed by atoms with van der Waals surface area (Å²) in [5, 5.41) is 0. The van der Waals surface area contributed by atoms with E-state index < -0.39 is 0 Å². The molecule has 128 valence electrons. The van der Waals surface area contributed by atoms with Crippen LogP contribution >= 0.6 is 0 Å². The first-order valence-corrected chi connectivity index (χ1v) is 9.35. The Morgan fingerprint density at radius 3 is 1.56 bits per heavy atom. The molecule has 0 saturated carbocycles. The third-order valence-corrected chi connectivity index (χ3v) is 6.10. The molecule has 0 saturated heterocycles. The lowest BCUT2D eigenvalue weighted by Gasteiger charge is -2.30. The van der Waals surface area contributed by atoms with Gasteiger partial charge in [-0.15, -0.1) is 0 Å². The van der Waals surface area contributed by atoms with Gasteiger partial charge in [-0.3, -0.25) is 9.97 Å². The van der Waals surface area contributed by atoms with Crippen molar-refractivity contribution >= 4 is 0 Å². The minimum absolute atomic E-state index is 0.324. The quantitative estimate of drug-likeness (QED) is 0.366. The summed E-state index contributed by atoms with van der Waals surface area (Å²) in [6.45, 7) is 4.34. The number of benzene rings is 2. The second-order valence-corrected chi connectivity index (χ2v) is 7.65. The van der Waals surface area contributed by atoms with Gasteiger partial charge < -0.3 is 0 Å². The summed E-state index contributed by atoms with van der Waals surface area (Å²) in [4.78, 5) is 9.50. The van der Waals surface area contributed by atoms with Crippen LogP contribution in [0, 0.1) is 13.8 Å². The predicted molar refractivity (Wildman–Crippen MR) is 108 cm³/mol. The summed E-state index contributed by atoms with van der Waals surface area (Å²) in [7, 11) is 0. The molecule has 2 heteroatoms.